The molecule has 0 bridgehead atoms. The van der Waals surface area contributed by atoms with Crippen LogP contribution in [0.5, 0.6) is 0 Å². The molecule has 0 N–H and O–H groups in total. The monoisotopic (exact) mass is 352 g/mol. The van der Waals surface area contributed by atoms with Crippen molar-refractivity contribution < 1.29 is 8.81 Å². The summed E-state index contributed by atoms with van der Waals surface area (Å²) in [6.45, 7) is 11.9. The molecule has 5 nitrogen and oxygen atoms in total. The number of nitrogens with zero attached hydrogens (tertiary/aromatic N) is 4. The van der Waals surface area contributed by atoms with E-state index in [1.165, 1.54) is 6.07 Å². The molecule has 134 valence electrons. The molecule has 4 rings (SSSR count). The van der Waals surface area contributed by atoms with Crippen LogP contribution in [0, 0.1) is 26.6 Å². The number of allylic oxidation sites excluding steroid dienone is 1. The third-order valence-electron chi connectivity index (χ3n) is 4.77. The minimum Gasteiger partial charge on any atom is -0.444 e. The predicted octanol–water partition coefficient (Wildman–Crippen LogP) is 4.13. The maximum atomic E-state index is 13.5. The van der Waals surface area contributed by atoms with Gasteiger partial charge in [0.15, 0.2) is 5.89 Å². The summed E-state index contributed by atoms with van der Waals surface area (Å²) in [6.07, 6.45) is 0. The Morgan fingerprint density at radius 3 is 2.77 bits per heavy atom. The van der Waals surface area contributed by atoms with Crippen molar-refractivity contribution in [1.82, 2.24) is 19.7 Å². The van der Waals surface area contributed by atoms with Gasteiger partial charge < -0.3 is 9.32 Å². The fourth-order valence-electron chi connectivity index (χ4n) is 3.28. The molecule has 3 heterocycles. The zero-order valence-electron chi connectivity index (χ0n) is 15.2. The molecule has 0 aliphatic carbocycles. The van der Waals surface area contributed by atoms with Gasteiger partial charge in [-0.3, -0.25) is 4.68 Å². The molecule has 6 heteroatoms. The zero-order chi connectivity index (χ0) is 18.4. The van der Waals surface area contributed by atoms with E-state index in [1.54, 1.807) is 13.0 Å². The highest BCUT2D eigenvalue weighted by Crippen LogP contribution is 2.27. The number of aryl methyl sites for hydroxylation is 3. The Bertz CT molecular complexity index is 978. The number of halogens is 1. The molecule has 0 fully saturated rings. The largest absolute Gasteiger partial charge is 0.444 e. The van der Waals surface area contributed by atoms with E-state index in [-0.39, 0.29) is 5.82 Å². The van der Waals surface area contributed by atoms with Gasteiger partial charge in [0.1, 0.15) is 17.3 Å². The number of rotatable bonds is 4. The Hall–Kier alpha value is -2.89. The van der Waals surface area contributed by atoms with E-state index in [0.29, 0.717) is 24.5 Å². The smallest absolute Gasteiger partial charge is 0.191 e. The average Bonchev–Trinajstić information content (AvgIpc) is 3.23. The molecule has 0 saturated carbocycles. The van der Waals surface area contributed by atoms with Crippen molar-refractivity contribution in [3.8, 4) is 11.3 Å². The van der Waals surface area contributed by atoms with Gasteiger partial charge in [-0.05, 0) is 43.7 Å². The van der Waals surface area contributed by atoms with Gasteiger partial charge in [-0.1, -0.05) is 6.58 Å². The third-order valence-corrected chi connectivity index (χ3v) is 4.77. The highest BCUT2D eigenvalue weighted by molar-refractivity contribution is 5.60. The van der Waals surface area contributed by atoms with Crippen LogP contribution in [-0.4, -0.2) is 19.7 Å². The lowest BCUT2D eigenvalue weighted by Gasteiger charge is -2.20. The molecule has 2 aromatic heterocycles. The van der Waals surface area contributed by atoms with E-state index >= 15 is 0 Å². The quantitative estimate of drug-likeness (QED) is 0.708. The van der Waals surface area contributed by atoms with Crippen molar-refractivity contribution in [2.75, 3.05) is 0 Å². The summed E-state index contributed by atoms with van der Waals surface area (Å²) in [5, 5.41) is 4.68. The summed E-state index contributed by atoms with van der Waals surface area (Å²) in [6, 6.07) is 7.08. The highest BCUT2D eigenvalue weighted by Gasteiger charge is 2.25. The minimum atomic E-state index is -0.201. The summed E-state index contributed by atoms with van der Waals surface area (Å²) in [5.41, 5.74) is 5.35. The molecule has 0 saturated heterocycles. The van der Waals surface area contributed by atoms with Crippen LogP contribution in [0.1, 0.15) is 28.6 Å². The van der Waals surface area contributed by atoms with Crippen LogP contribution < -0.4 is 0 Å². The molecule has 26 heavy (non-hydrogen) atoms. The summed E-state index contributed by atoms with van der Waals surface area (Å²) in [4.78, 5) is 6.56. The van der Waals surface area contributed by atoms with Crippen molar-refractivity contribution in [3.63, 3.8) is 0 Å². The van der Waals surface area contributed by atoms with E-state index in [2.05, 4.69) is 21.6 Å². The zero-order valence-corrected chi connectivity index (χ0v) is 15.2. The topological polar surface area (TPSA) is 47.1 Å². The number of hydrogen-bond donors (Lipinski definition) is 0. The van der Waals surface area contributed by atoms with Crippen molar-refractivity contribution in [3.05, 3.63) is 71.0 Å². The van der Waals surface area contributed by atoms with E-state index in [1.807, 2.05) is 30.7 Å². The molecular formula is C20H21FN4O. The summed E-state index contributed by atoms with van der Waals surface area (Å²) in [5.74, 6) is 1.43. The molecular weight excluding hydrogens is 331 g/mol. The van der Waals surface area contributed by atoms with Crippen LogP contribution in [-0.2, 0) is 19.6 Å². The number of hydrogen-bond acceptors (Lipinski definition) is 4. The molecule has 0 unspecified atom stereocenters. The van der Waals surface area contributed by atoms with Gasteiger partial charge in [-0.25, -0.2) is 9.37 Å². The first-order chi connectivity index (χ1) is 12.4. The van der Waals surface area contributed by atoms with Gasteiger partial charge in [-0.2, -0.15) is 5.10 Å². The van der Waals surface area contributed by atoms with Crippen molar-refractivity contribution in [2.24, 2.45) is 0 Å². The van der Waals surface area contributed by atoms with Crippen molar-refractivity contribution in [1.29, 1.82) is 0 Å². The molecule has 0 spiro atoms. The van der Waals surface area contributed by atoms with Crippen LogP contribution in [0.15, 0.2) is 41.0 Å². The molecule has 3 aromatic rings. The summed E-state index contributed by atoms with van der Waals surface area (Å²) in [7, 11) is 0. The van der Waals surface area contributed by atoms with Gasteiger partial charge in [0.2, 0.25) is 0 Å². The minimum absolute atomic E-state index is 0.201. The van der Waals surface area contributed by atoms with Gasteiger partial charge in [0, 0.05) is 23.9 Å². The Morgan fingerprint density at radius 1 is 1.23 bits per heavy atom. The third kappa shape index (κ3) is 2.92. The standard InChI is InChI=1S/C20H21FN4O/c1-12-7-16(5-6-17(12)21)18-8-13(2)25(23-18)9-14(3)24-10-19-20(11-24)26-15(4)22-19/h5-8H,3,9-11H2,1-2,4H3. The normalized spacial score (nSPS) is 13.3. The maximum absolute atomic E-state index is 13.5. The Kier molecular flexibility index (Phi) is 3.90. The van der Waals surface area contributed by atoms with Gasteiger partial charge in [-0.15, -0.1) is 0 Å². The molecule has 0 radical (unpaired) electrons. The predicted molar refractivity (Wildman–Crippen MR) is 96.7 cm³/mol. The number of oxazole rings is 1. The SMILES string of the molecule is C=C(Cn1nc(-c2ccc(F)c(C)c2)cc1C)N1Cc2nc(C)oc2C1. The van der Waals surface area contributed by atoms with Crippen LogP contribution in [0.4, 0.5) is 4.39 Å². The first-order valence-corrected chi connectivity index (χ1v) is 8.59. The highest BCUT2D eigenvalue weighted by atomic mass is 19.1. The number of aromatic nitrogens is 3. The maximum Gasteiger partial charge on any atom is 0.191 e. The van der Waals surface area contributed by atoms with Crippen molar-refractivity contribution >= 4 is 0 Å². The Morgan fingerprint density at radius 2 is 2.04 bits per heavy atom. The first kappa shape index (κ1) is 16.6. The first-order valence-electron chi connectivity index (χ1n) is 8.59. The fourth-order valence-corrected chi connectivity index (χ4v) is 3.28. The number of benzene rings is 1. The molecule has 1 aliphatic heterocycles. The van der Waals surface area contributed by atoms with Crippen LogP contribution >= 0.6 is 0 Å². The lowest BCUT2D eigenvalue weighted by Crippen LogP contribution is -2.20. The average molecular weight is 352 g/mol. The van der Waals surface area contributed by atoms with Gasteiger partial charge >= 0.3 is 0 Å². The Balaban J connectivity index is 1.50. The molecule has 1 aromatic carbocycles. The molecule has 0 amide bonds. The second-order valence-corrected chi connectivity index (χ2v) is 6.82. The van der Waals surface area contributed by atoms with E-state index < -0.39 is 0 Å². The van der Waals surface area contributed by atoms with Gasteiger partial charge in [0.05, 0.1) is 25.3 Å². The summed E-state index contributed by atoms with van der Waals surface area (Å²) < 4.78 is 21.0. The van der Waals surface area contributed by atoms with Crippen LogP contribution in [0.2, 0.25) is 0 Å². The van der Waals surface area contributed by atoms with Crippen LogP contribution in [0.25, 0.3) is 11.3 Å². The van der Waals surface area contributed by atoms with E-state index in [0.717, 1.165) is 40.6 Å². The second kappa shape index (κ2) is 6.12. The van der Waals surface area contributed by atoms with Gasteiger partial charge in [0.25, 0.3) is 0 Å². The van der Waals surface area contributed by atoms with E-state index in [9.17, 15) is 4.39 Å². The Labute approximate surface area is 151 Å². The molecule has 1 aliphatic rings. The fraction of sp³-hybridized carbons (Fsp3) is 0.300. The van der Waals surface area contributed by atoms with Crippen LogP contribution in [0.3, 0.4) is 0 Å². The molecule has 0 atom stereocenters. The second-order valence-electron chi connectivity index (χ2n) is 6.82. The number of fused-ring (bicyclic) bond motifs is 1. The summed E-state index contributed by atoms with van der Waals surface area (Å²) >= 11 is 0. The van der Waals surface area contributed by atoms with Crippen molar-refractivity contribution in [2.45, 2.75) is 40.4 Å². The lowest BCUT2D eigenvalue weighted by atomic mass is 10.1. The lowest BCUT2D eigenvalue weighted by molar-refractivity contribution is 0.309. The van der Waals surface area contributed by atoms with E-state index in [4.69, 9.17) is 4.42 Å².